The number of carbonyl (C=O) groups excluding carboxylic acids is 2. The van der Waals surface area contributed by atoms with E-state index in [4.69, 9.17) is 23.1 Å². The molecule has 4 N–H and O–H groups in total. The summed E-state index contributed by atoms with van der Waals surface area (Å²) in [4.78, 5) is 27.2. The van der Waals surface area contributed by atoms with E-state index in [9.17, 15) is 34.8 Å². The van der Waals surface area contributed by atoms with Gasteiger partial charge >= 0.3 is 0 Å². The van der Waals surface area contributed by atoms with Gasteiger partial charge in [-0.05, 0) is 59.8 Å². The minimum absolute atomic E-state index is 0.0887. The molecule has 0 aromatic heterocycles. The number of nitrogens with two attached hydrogens (primary N) is 2. The van der Waals surface area contributed by atoms with Crippen LogP contribution in [-0.2, 0) is 54.1 Å². The molecule has 11 nitrogen and oxygen atoms in total. The number of hydrogen-bond acceptors (Lipinski definition) is 8. The van der Waals surface area contributed by atoms with Gasteiger partial charge in [0.1, 0.15) is 0 Å². The zero-order valence-electron chi connectivity index (χ0n) is 25.3. The van der Waals surface area contributed by atoms with Crippen molar-refractivity contribution >= 4 is 70.0 Å². The van der Waals surface area contributed by atoms with Crippen LogP contribution in [0.4, 0.5) is 0 Å². The first-order valence-corrected chi connectivity index (χ1v) is 19.6. The third-order valence-electron chi connectivity index (χ3n) is 5.86. The molecule has 0 saturated carbocycles. The molecule has 2 rings (SSSR count). The summed E-state index contributed by atoms with van der Waals surface area (Å²) in [5, 5.41) is -1.20. The van der Waals surface area contributed by atoms with E-state index < -0.39 is 58.4 Å². The summed E-state index contributed by atoms with van der Waals surface area (Å²) in [6.45, 7) is 10.6. The highest BCUT2D eigenvalue weighted by atomic mass is 35.5. The van der Waals surface area contributed by atoms with Crippen molar-refractivity contribution in [3.8, 4) is 0 Å². The number of aliphatic imine (C=N–C) groups is 1. The molecule has 2 atom stereocenters. The molecule has 16 heteroatoms. The summed E-state index contributed by atoms with van der Waals surface area (Å²) in [7, 11) is -10.2. The number of rotatable bonds is 10. The lowest BCUT2D eigenvalue weighted by molar-refractivity contribution is 0.100. The molecule has 0 heterocycles. The lowest BCUT2D eigenvalue weighted by Crippen LogP contribution is -2.24. The van der Waals surface area contributed by atoms with Gasteiger partial charge in [-0.2, -0.15) is 4.99 Å². The van der Waals surface area contributed by atoms with E-state index in [1.807, 2.05) is 6.92 Å². The zero-order valence-corrected chi connectivity index (χ0v) is 29.3. The fourth-order valence-electron chi connectivity index (χ4n) is 3.75. The number of amides is 1. The van der Waals surface area contributed by atoms with Crippen molar-refractivity contribution in [3.05, 3.63) is 46.5 Å². The van der Waals surface area contributed by atoms with Crippen LogP contribution in [0.25, 0.3) is 0 Å². The first kappa shape index (κ1) is 38.6. The summed E-state index contributed by atoms with van der Waals surface area (Å²) in [6, 6.07) is 5.45. The minimum atomic E-state index is -3.68. The first-order chi connectivity index (χ1) is 19.6. The second-order valence-corrected chi connectivity index (χ2v) is 18.2. The Hall–Kier alpha value is -2.46. The average molecular weight is 696 g/mol. The van der Waals surface area contributed by atoms with Crippen LogP contribution in [0.1, 0.15) is 73.4 Å². The van der Waals surface area contributed by atoms with Crippen molar-refractivity contribution in [2.45, 2.75) is 84.5 Å². The molecule has 2 unspecified atom stereocenters. The van der Waals surface area contributed by atoms with Gasteiger partial charge in [0.25, 0.3) is 11.1 Å². The molecule has 0 aliphatic heterocycles. The Balaban J connectivity index is 0.000000434. The van der Waals surface area contributed by atoms with Gasteiger partial charge in [0.2, 0.25) is 0 Å². The van der Waals surface area contributed by atoms with Gasteiger partial charge in [-0.15, -0.1) is 0 Å². The maximum Gasteiger partial charge on any atom is 0.280 e. The smallest absolute Gasteiger partial charge is 0.280 e. The fraction of sp³-hybridized carbons (Fsp3) is 0.444. The molecule has 43 heavy (non-hydrogen) atoms. The summed E-state index contributed by atoms with van der Waals surface area (Å²) < 4.78 is 72.5. The van der Waals surface area contributed by atoms with Gasteiger partial charge in [-0.3, -0.25) is 18.0 Å². The SMILES string of the molecule is CCc1cc(S(=O)C(C)C)c(S(C)(=O)=O)cc1C(=O)Cl.CCc1cc(S(=O)C(C)C)c(S(C)(=O)=O)cc1C(=O)N=C(N)N. The monoisotopic (exact) mass is 695 g/mol. The van der Waals surface area contributed by atoms with Crippen LogP contribution in [0.15, 0.2) is 48.8 Å². The second kappa shape index (κ2) is 15.5. The van der Waals surface area contributed by atoms with Gasteiger partial charge in [0.15, 0.2) is 25.6 Å². The predicted octanol–water partition coefficient (Wildman–Crippen LogP) is 3.13. The topological polar surface area (TPSA) is 201 Å². The number of sulfone groups is 2. The molecular formula is C27H38ClN3O8S4. The standard InChI is InChI=1S/C14H21N3O4S2.C13H17ClO4S2/c1-5-9-6-11(22(19)8(2)3)12(23(4,20)21)7-10(9)13(18)17-14(15)16;1-5-9-6-11(19(16)8(2)3)12(20(4,17)18)7-10(9)13(14)15/h6-8H,5H2,1-4H3,(H4,15,16,17,18);6-8H,5H2,1-4H3. The molecule has 2 aromatic carbocycles. The Morgan fingerprint density at radius 2 is 1.12 bits per heavy atom. The van der Waals surface area contributed by atoms with Crippen molar-refractivity contribution in [2.75, 3.05) is 12.5 Å². The first-order valence-electron chi connectivity index (χ1n) is 13.0. The van der Waals surface area contributed by atoms with E-state index in [2.05, 4.69) is 4.99 Å². The fourth-order valence-corrected chi connectivity index (χ4v) is 8.89. The third kappa shape index (κ3) is 10.3. The number of carbonyl (C=O) groups is 2. The van der Waals surface area contributed by atoms with Gasteiger partial charge < -0.3 is 11.5 Å². The van der Waals surface area contributed by atoms with Gasteiger partial charge in [0, 0.05) is 34.1 Å². The summed E-state index contributed by atoms with van der Waals surface area (Å²) in [5.74, 6) is -1.14. The average Bonchev–Trinajstić information content (AvgIpc) is 2.89. The molecule has 0 aliphatic rings. The van der Waals surface area contributed by atoms with E-state index in [1.54, 1.807) is 34.6 Å². The Morgan fingerprint density at radius 1 is 0.767 bits per heavy atom. The third-order valence-corrected chi connectivity index (χ3v) is 11.9. The number of halogens is 1. The molecule has 0 aliphatic carbocycles. The van der Waals surface area contributed by atoms with Crippen LogP contribution in [0.5, 0.6) is 0 Å². The number of nitrogens with zero attached hydrogens (tertiary/aromatic N) is 1. The summed E-state index contributed by atoms with van der Waals surface area (Å²) in [6.07, 6.45) is 2.97. The predicted molar refractivity (Wildman–Crippen MR) is 171 cm³/mol. The van der Waals surface area contributed by atoms with Crippen LogP contribution in [0.3, 0.4) is 0 Å². The molecule has 240 valence electrons. The normalized spacial score (nSPS) is 13.2. The molecule has 0 saturated heterocycles. The quantitative estimate of drug-likeness (QED) is 0.211. The number of aryl methyl sites for hydroxylation is 2. The maximum atomic E-state index is 12.4. The lowest BCUT2D eigenvalue weighted by atomic mass is 10.0. The van der Waals surface area contributed by atoms with Crippen LogP contribution >= 0.6 is 11.6 Å². The van der Waals surface area contributed by atoms with Crippen LogP contribution < -0.4 is 11.5 Å². The molecule has 0 bridgehead atoms. The zero-order chi connectivity index (χ0) is 33.6. The molecule has 2 aromatic rings. The van der Waals surface area contributed by atoms with Crippen LogP contribution in [-0.4, -0.2) is 65.4 Å². The maximum absolute atomic E-state index is 12.4. The van der Waals surface area contributed by atoms with Crippen molar-refractivity contribution in [1.29, 1.82) is 0 Å². The lowest BCUT2D eigenvalue weighted by Gasteiger charge is -2.14. The Morgan fingerprint density at radius 3 is 1.40 bits per heavy atom. The van der Waals surface area contributed by atoms with Crippen molar-refractivity contribution < 1.29 is 34.8 Å². The Bertz CT molecular complexity index is 1700. The number of guanidine groups is 1. The highest BCUT2D eigenvalue weighted by Crippen LogP contribution is 2.28. The van der Waals surface area contributed by atoms with E-state index in [-0.39, 0.29) is 41.2 Å². The summed E-state index contributed by atoms with van der Waals surface area (Å²) >= 11 is 5.49. The van der Waals surface area contributed by atoms with Gasteiger partial charge in [-0.25, -0.2) is 16.8 Å². The van der Waals surface area contributed by atoms with E-state index >= 15 is 0 Å². The molecule has 0 radical (unpaired) electrons. The minimum Gasteiger partial charge on any atom is -0.370 e. The van der Waals surface area contributed by atoms with E-state index in [0.29, 0.717) is 24.0 Å². The molecular weight excluding hydrogens is 658 g/mol. The van der Waals surface area contributed by atoms with Crippen LogP contribution in [0.2, 0.25) is 0 Å². The molecule has 0 spiro atoms. The Kier molecular flexibility index (Phi) is 13.9. The van der Waals surface area contributed by atoms with Crippen LogP contribution in [0, 0.1) is 0 Å². The second-order valence-electron chi connectivity index (χ2n) is 9.97. The summed E-state index contributed by atoms with van der Waals surface area (Å²) in [5.41, 5.74) is 11.8. The highest BCUT2D eigenvalue weighted by molar-refractivity contribution is 7.92. The van der Waals surface area contributed by atoms with E-state index in [0.717, 1.165) is 12.5 Å². The van der Waals surface area contributed by atoms with E-state index in [1.165, 1.54) is 24.3 Å². The van der Waals surface area contributed by atoms with Crippen molar-refractivity contribution in [3.63, 3.8) is 0 Å². The number of benzene rings is 2. The number of hydrogen-bond donors (Lipinski definition) is 2. The Labute approximate surface area is 263 Å². The van der Waals surface area contributed by atoms with Crippen molar-refractivity contribution in [2.24, 2.45) is 16.5 Å². The highest BCUT2D eigenvalue weighted by Gasteiger charge is 2.25. The van der Waals surface area contributed by atoms with Gasteiger partial charge in [0.05, 0.1) is 41.2 Å². The molecule has 1 amide bonds. The van der Waals surface area contributed by atoms with Gasteiger partial charge in [-0.1, -0.05) is 41.5 Å². The largest absolute Gasteiger partial charge is 0.370 e. The molecule has 0 fully saturated rings. The van der Waals surface area contributed by atoms with Crippen molar-refractivity contribution in [1.82, 2.24) is 0 Å².